The normalized spacial score (nSPS) is 15.9. The van der Waals surface area contributed by atoms with Crippen molar-refractivity contribution in [3.8, 4) is 5.75 Å². The van der Waals surface area contributed by atoms with Crippen molar-refractivity contribution in [3.63, 3.8) is 0 Å². The van der Waals surface area contributed by atoms with Crippen LogP contribution in [0.5, 0.6) is 5.75 Å². The van der Waals surface area contributed by atoms with Crippen LogP contribution in [0.4, 0.5) is 4.39 Å². The predicted molar refractivity (Wildman–Crippen MR) is 72.9 cm³/mol. The van der Waals surface area contributed by atoms with Gasteiger partial charge >= 0.3 is 0 Å². The molecule has 1 aromatic carbocycles. The first-order valence-corrected chi connectivity index (χ1v) is 6.95. The summed E-state index contributed by atoms with van der Waals surface area (Å²) in [6.07, 6.45) is 5.38. The van der Waals surface area contributed by atoms with E-state index in [4.69, 9.17) is 9.47 Å². The molecule has 0 spiro atoms. The van der Waals surface area contributed by atoms with E-state index in [1.807, 2.05) is 0 Å². The summed E-state index contributed by atoms with van der Waals surface area (Å²) in [6.45, 7) is 1.93. The highest BCUT2D eigenvalue weighted by atomic mass is 19.1. The van der Waals surface area contributed by atoms with Gasteiger partial charge in [-0.15, -0.1) is 0 Å². The molecule has 0 saturated heterocycles. The Kier molecular flexibility index (Phi) is 5.61. The van der Waals surface area contributed by atoms with E-state index < -0.39 is 0 Å². The number of nitrogens with one attached hydrogen (secondary N) is 1. The van der Waals surface area contributed by atoms with Crippen molar-refractivity contribution >= 4 is 0 Å². The van der Waals surface area contributed by atoms with Crippen molar-refractivity contribution < 1.29 is 13.9 Å². The molecule has 2 rings (SSSR count). The van der Waals surface area contributed by atoms with E-state index in [0.29, 0.717) is 30.6 Å². The molecule has 0 heterocycles. The molecule has 1 saturated carbocycles. The maximum Gasteiger partial charge on any atom is 0.169 e. The van der Waals surface area contributed by atoms with Gasteiger partial charge in [0.1, 0.15) is 0 Å². The molecule has 1 fully saturated rings. The molecule has 19 heavy (non-hydrogen) atoms. The number of methoxy groups -OCH3 is 1. The van der Waals surface area contributed by atoms with Gasteiger partial charge in [0, 0.05) is 18.7 Å². The maximum absolute atomic E-state index is 13.8. The minimum absolute atomic E-state index is 0.283. The van der Waals surface area contributed by atoms with Gasteiger partial charge in [-0.3, -0.25) is 0 Å². The molecule has 0 amide bonds. The van der Waals surface area contributed by atoms with Gasteiger partial charge in [-0.2, -0.15) is 0 Å². The Labute approximate surface area is 114 Å². The molecular formula is C15H22FNO2. The van der Waals surface area contributed by atoms with Crippen molar-refractivity contribution in [2.24, 2.45) is 0 Å². The summed E-state index contributed by atoms with van der Waals surface area (Å²) < 4.78 is 24.5. The SMILES string of the molecule is COc1cccc(CNCCOC2CCCC2)c1F. The third kappa shape index (κ3) is 4.18. The number of rotatable bonds is 7. The van der Waals surface area contributed by atoms with E-state index in [1.54, 1.807) is 18.2 Å². The standard InChI is InChI=1S/C15H22FNO2/c1-18-14-8-4-5-12(15(14)16)11-17-9-10-19-13-6-2-3-7-13/h4-5,8,13,17H,2-3,6-7,9-11H2,1H3. The second kappa shape index (κ2) is 7.46. The first-order chi connectivity index (χ1) is 9.31. The fourth-order valence-electron chi connectivity index (χ4n) is 2.43. The van der Waals surface area contributed by atoms with Crippen LogP contribution in [-0.2, 0) is 11.3 Å². The molecule has 106 valence electrons. The molecule has 0 bridgehead atoms. The van der Waals surface area contributed by atoms with Gasteiger partial charge in [-0.1, -0.05) is 25.0 Å². The second-order valence-electron chi connectivity index (χ2n) is 4.89. The quantitative estimate of drug-likeness (QED) is 0.771. The Balaban J connectivity index is 1.67. The zero-order valence-corrected chi connectivity index (χ0v) is 11.5. The fraction of sp³-hybridized carbons (Fsp3) is 0.600. The summed E-state index contributed by atoms with van der Waals surface area (Å²) >= 11 is 0. The average molecular weight is 267 g/mol. The molecule has 0 aliphatic heterocycles. The summed E-state index contributed by atoms with van der Waals surface area (Å²) in [7, 11) is 1.48. The Bertz CT molecular complexity index is 392. The first kappa shape index (κ1) is 14.3. The Morgan fingerprint density at radius 1 is 1.32 bits per heavy atom. The van der Waals surface area contributed by atoms with Crippen LogP contribution in [0, 0.1) is 5.82 Å². The summed E-state index contributed by atoms with van der Waals surface area (Å²) in [5.74, 6) is 0.00992. The molecule has 1 aliphatic carbocycles. The summed E-state index contributed by atoms with van der Waals surface area (Å²) in [6, 6.07) is 5.19. The van der Waals surface area contributed by atoms with Crippen LogP contribution in [0.15, 0.2) is 18.2 Å². The molecule has 1 aromatic rings. The van der Waals surface area contributed by atoms with E-state index in [9.17, 15) is 4.39 Å². The van der Waals surface area contributed by atoms with Gasteiger partial charge in [-0.05, 0) is 18.9 Å². The van der Waals surface area contributed by atoms with Crippen molar-refractivity contribution in [1.29, 1.82) is 0 Å². The van der Waals surface area contributed by atoms with Gasteiger partial charge in [0.2, 0.25) is 0 Å². The number of halogens is 1. The zero-order valence-electron chi connectivity index (χ0n) is 11.5. The molecule has 3 nitrogen and oxygen atoms in total. The highest BCUT2D eigenvalue weighted by Crippen LogP contribution is 2.21. The lowest BCUT2D eigenvalue weighted by atomic mass is 10.2. The number of benzene rings is 1. The Morgan fingerprint density at radius 3 is 2.84 bits per heavy atom. The lowest BCUT2D eigenvalue weighted by molar-refractivity contribution is 0.0602. The zero-order chi connectivity index (χ0) is 13.5. The molecular weight excluding hydrogens is 245 g/mol. The summed E-state index contributed by atoms with van der Waals surface area (Å²) in [5, 5.41) is 3.20. The Hall–Kier alpha value is -1.13. The topological polar surface area (TPSA) is 30.5 Å². The molecule has 0 radical (unpaired) electrons. The minimum atomic E-state index is -0.283. The minimum Gasteiger partial charge on any atom is -0.494 e. The summed E-state index contributed by atoms with van der Waals surface area (Å²) in [5.41, 5.74) is 0.625. The predicted octanol–water partition coefficient (Wildman–Crippen LogP) is 2.88. The van der Waals surface area contributed by atoms with Crippen LogP contribution in [0.1, 0.15) is 31.2 Å². The van der Waals surface area contributed by atoms with Gasteiger partial charge in [0.15, 0.2) is 11.6 Å². The van der Waals surface area contributed by atoms with Crippen molar-refractivity contribution in [3.05, 3.63) is 29.6 Å². The van der Waals surface area contributed by atoms with Crippen molar-refractivity contribution in [2.45, 2.75) is 38.3 Å². The van der Waals surface area contributed by atoms with Crippen LogP contribution in [-0.4, -0.2) is 26.4 Å². The monoisotopic (exact) mass is 267 g/mol. The van der Waals surface area contributed by atoms with E-state index in [1.165, 1.54) is 32.8 Å². The molecule has 1 aliphatic rings. The molecule has 0 atom stereocenters. The van der Waals surface area contributed by atoms with Crippen LogP contribution in [0.2, 0.25) is 0 Å². The summed E-state index contributed by atoms with van der Waals surface area (Å²) in [4.78, 5) is 0. The van der Waals surface area contributed by atoms with Gasteiger partial charge in [-0.25, -0.2) is 4.39 Å². The van der Waals surface area contributed by atoms with Crippen LogP contribution >= 0.6 is 0 Å². The van der Waals surface area contributed by atoms with Crippen LogP contribution < -0.4 is 10.1 Å². The molecule has 0 aromatic heterocycles. The van der Waals surface area contributed by atoms with Crippen LogP contribution in [0.25, 0.3) is 0 Å². The molecule has 4 heteroatoms. The fourth-order valence-corrected chi connectivity index (χ4v) is 2.43. The van der Waals surface area contributed by atoms with Gasteiger partial charge < -0.3 is 14.8 Å². The number of ether oxygens (including phenoxy) is 2. The smallest absolute Gasteiger partial charge is 0.169 e. The lowest BCUT2D eigenvalue weighted by Gasteiger charge is -2.12. The number of hydrogen-bond acceptors (Lipinski definition) is 3. The van der Waals surface area contributed by atoms with Gasteiger partial charge in [0.25, 0.3) is 0 Å². The van der Waals surface area contributed by atoms with Crippen molar-refractivity contribution in [1.82, 2.24) is 5.32 Å². The van der Waals surface area contributed by atoms with E-state index in [-0.39, 0.29) is 5.82 Å². The van der Waals surface area contributed by atoms with Gasteiger partial charge in [0.05, 0.1) is 19.8 Å². The molecule has 1 N–H and O–H groups in total. The highest BCUT2D eigenvalue weighted by Gasteiger charge is 2.14. The third-order valence-electron chi connectivity index (χ3n) is 3.51. The maximum atomic E-state index is 13.8. The van der Waals surface area contributed by atoms with Crippen molar-refractivity contribution in [2.75, 3.05) is 20.3 Å². The largest absolute Gasteiger partial charge is 0.494 e. The van der Waals surface area contributed by atoms with E-state index in [2.05, 4.69) is 5.32 Å². The second-order valence-corrected chi connectivity index (χ2v) is 4.89. The lowest BCUT2D eigenvalue weighted by Crippen LogP contribution is -2.22. The first-order valence-electron chi connectivity index (χ1n) is 6.95. The third-order valence-corrected chi connectivity index (χ3v) is 3.51. The number of hydrogen-bond donors (Lipinski definition) is 1. The Morgan fingerprint density at radius 2 is 2.11 bits per heavy atom. The highest BCUT2D eigenvalue weighted by molar-refractivity contribution is 5.30. The molecule has 0 unspecified atom stereocenters. The van der Waals surface area contributed by atoms with E-state index >= 15 is 0 Å². The van der Waals surface area contributed by atoms with E-state index in [0.717, 1.165) is 6.54 Å². The van der Waals surface area contributed by atoms with Crippen LogP contribution in [0.3, 0.4) is 0 Å². The average Bonchev–Trinajstić information content (AvgIpc) is 2.93.